The molecule has 2 nitrogen and oxygen atoms in total. The molecule has 14 heavy (non-hydrogen) atoms. The number of hydrogen-bond donors (Lipinski definition) is 2. The SMILES string of the molecule is NNC(CCCc1cccs1)C1CC1. The van der Waals surface area contributed by atoms with Gasteiger partial charge in [0, 0.05) is 10.9 Å². The van der Waals surface area contributed by atoms with Gasteiger partial charge in [-0.05, 0) is 49.5 Å². The number of aryl methyl sites for hydroxylation is 1. The highest BCUT2D eigenvalue weighted by atomic mass is 32.1. The van der Waals surface area contributed by atoms with Crippen LogP contribution in [0.5, 0.6) is 0 Å². The predicted molar refractivity (Wildman–Crippen MR) is 61.1 cm³/mol. The molecular formula is C11H18N2S. The Morgan fingerprint density at radius 3 is 3.00 bits per heavy atom. The van der Waals surface area contributed by atoms with Gasteiger partial charge in [0.25, 0.3) is 0 Å². The van der Waals surface area contributed by atoms with E-state index in [0.717, 1.165) is 5.92 Å². The van der Waals surface area contributed by atoms with Crippen LogP contribution in [0.1, 0.15) is 30.6 Å². The van der Waals surface area contributed by atoms with Crippen LogP contribution < -0.4 is 11.3 Å². The van der Waals surface area contributed by atoms with E-state index in [4.69, 9.17) is 5.84 Å². The van der Waals surface area contributed by atoms with Gasteiger partial charge in [-0.15, -0.1) is 11.3 Å². The molecule has 1 fully saturated rings. The standard InChI is InChI=1S/C11H18N2S/c12-13-11(9-6-7-9)5-1-3-10-4-2-8-14-10/h2,4,8-9,11,13H,1,3,5-7,12H2. The zero-order valence-corrected chi connectivity index (χ0v) is 9.22. The highest BCUT2D eigenvalue weighted by Crippen LogP contribution is 2.34. The number of hydrazine groups is 1. The summed E-state index contributed by atoms with van der Waals surface area (Å²) < 4.78 is 0. The van der Waals surface area contributed by atoms with Crippen molar-refractivity contribution in [3.8, 4) is 0 Å². The molecule has 0 amide bonds. The van der Waals surface area contributed by atoms with Crippen molar-refractivity contribution in [3.63, 3.8) is 0 Å². The molecule has 0 saturated heterocycles. The predicted octanol–water partition coefficient (Wildman–Crippen LogP) is 2.31. The second-order valence-corrected chi connectivity index (χ2v) is 5.11. The molecule has 0 aliphatic heterocycles. The summed E-state index contributed by atoms with van der Waals surface area (Å²) in [6.45, 7) is 0. The molecule has 3 N–H and O–H groups in total. The third-order valence-corrected chi connectivity index (χ3v) is 3.86. The molecule has 1 aromatic heterocycles. The third kappa shape index (κ3) is 2.80. The Morgan fingerprint density at radius 2 is 2.43 bits per heavy atom. The lowest BCUT2D eigenvalue weighted by Crippen LogP contribution is -2.36. The van der Waals surface area contributed by atoms with E-state index in [-0.39, 0.29) is 0 Å². The van der Waals surface area contributed by atoms with Crippen LogP contribution in [0.15, 0.2) is 17.5 Å². The Bertz CT molecular complexity index is 254. The third-order valence-electron chi connectivity index (χ3n) is 2.92. The highest BCUT2D eigenvalue weighted by molar-refractivity contribution is 7.09. The van der Waals surface area contributed by atoms with Gasteiger partial charge in [-0.3, -0.25) is 11.3 Å². The maximum Gasteiger partial charge on any atom is 0.0238 e. The van der Waals surface area contributed by atoms with Crippen molar-refractivity contribution in [2.24, 2.45) is 11.8 Å². The van der Waals surface area contributed by atoms with E-state index in [9.17, 15) is 0 Å². The fourth-order valence-electron chi connectivity index (χ4n) is 1.90. The first-order chi connectivity index (χ1) is 6.90. The Labute approximate surface area is 89.5 Å². The number of nitrogens with two attached hydrogens (primary N) is 1. The average Bonchev–Trinajstić information content (AvgIpc) is 2.91. The van der Waals surface area contributed by atoms with Gasteiger partial charge >= 0.3 is 0 Å². The van der Waals surface area contributed by atoms with Crippen LogP contribution in [-0.2, 0) is 6.42 Å². The summed E-state index contributed by atoms with van der Waals surface area (Å²) in [7, 11) is 0. The molecule has 1 saturated carbocycles. The minimum Gasteiger partial charge on any atom is -0.271 e. The van der Waals surface area contributed by atoms with E-state index in [1.54, 1.807) is 0 Å². The summed E-state index contributed by atoms with van der Waals surface area (Å²) in [6, 6.07) is 4.90. The largest absolute Gasteiger partial charge is 0.271 e. The first-order valence-electron chi connectivity index (χ1n) is 5.38. The molecule has 1 aromatic rings. The second kappa shape index (κ2) is 4.91. The summed E-state index contributed by atoms with van der Waals surface area (Å²) >= 11 is 1.85. The van der Waals surface area contributed by atoms with Crippen LogP contribution >= 0.6 is 11.3 Å². The molecular weight excluding hydrogens is 192 g/mol. The molecule has 2 rings (SSSR count). The Kier molecular flexibility index (Phi) is 3.56. The molecule has 0 aromatic carbocycles. The van der Waals surface area contributed by atoms with Crippen molar-refractivity contribution in [2.75, 3.05) is 0 Å². The van der Waals surface area contributed by atoms with Crippen molar-refractivity contribution in [2.45, 2.75) is 38.1 Å². The van der Waals surface area contributed by atoms with Gasteiger partial charge in [-0.25, -0.2) is 0 Å². The van der Waals surface area contributed by atoms with Gasteiger partial charge in [0.1, 0.15) is 0 Å². The summed E-state index contributed by atoms with van der Waals surface area (Å²) in [6.07, 6.45) is 6.43. The molecule has 1 atom stereocenters. The summed E-state index contributed by atoms with van der Waals surface area (Å²) in [4.78, 5) is 1.50. The van der Waals surface area contributed by atoms with Gasteiger partial charge in [0.05, 0.1) is 0 Å². The number of thiophene rings is 1. The minimum atomic E-state index is 0.565. The van der Waals surface area contributed by atoms with Gasteiger partial charge in [-0.1, -0.05) is 6.07 Å². The Hall–Kier alpha value is -0.380. The van der Waals surface area contributed by atoms with E-state index in [0.29, 0.717) is 6.04 Å². The topological polar surface area (TPSA) is 38.0 Å². The van der Waals surface area contributed by atoms with Crippen molar-refractivity contribution in [1.29, 1.82) is 0 Å². The fraction of sp³-hybridized carbons (Fsp3) is 0.636. The number of hydrogen-bond acceptors (Lipinski definition) is 3. The van der Waals surface area contributed by atoms with Crippen molar-refractivity contribution in [3.05, 3.63) is 22.4 Å². The van der Waals surface area contributed by atoms with Gasteiger partial charge in [-0.2, -0.15) is 0 Å². The number of nitrogens with one attached hydrogen (secondary N) is 1. The normalized spacial score (nSPS) is 18.4. The van der Waals surface area contributed by atoms with E-state index in [2.05, 4.69) is 22.9 Å². The molecule has 0 bridgehead atoms. The van der Waals surface area contributed by atoms with E-state index in [1.165, 1.54) is 37.0 Å². The maximum absolute atomic E-state index is 5.53. The highest BCUT2D eigenvalue weighted by Gasteiger charge is 2.29. The summed E-state index contributed by atoms with van der Waals surface area (Å²) in [5, 5.41) is 2.15. The molecule has 0 spiro atoms. The van der Waals surface area contributed by atoms with Gasteiger partial charge in [0.2, 0.25) is 0 Å². The monoisotopic (exact) mass is 210 g/mol. The van der Waals surface area contributed by atoms with Crippen LogP contribution in [0.4, 0.5) is 0 Å². The lowest BCUT2D eigenvalue weighted by Gasteiger charge is -2.13. The van der Waals surface area contributed by atoms with Crippen LogP contribution in [0.25, 0.3) is 0 Å². The van der Waals surface area contributed by atoms with Crippen LogP contribution in [-0.4, -0.2) is 6.04 Å². The molecule has 1 aliphatic carbocycles. The molecule has 3 heteroatoms. The summed E-state index contributed by atoms with van der Waals surface area (Å²) in [5.41, 5.74) is 2.95. The van der Waals surface area contributed by atoms with Crippen molar-refractivity contribution >= 4 is 11.3 Å². The van der Waals surface area contributed by atoms with Crippen LogP contribution in [0.2, 0.25) is 0 Å². The molecule has 78 valence electrons. The average molecular weight is 210 g/mol. The first-order valence-corrected chi connectivity index (χ1v) is 6.26. The zero-order valence-electron chi connectivity index (χ0n) is 8.41. The van der Waals surface area contributed by atoms with Crippen LogP contribution in [0.3, 0.4) is 0 Å². The van der Waals surface area contributed by atoms with Crippen molar-refractivity contribution < 1.29 is 0 Å². The zero-order chi connectivity index (χ0) is 9.80. The smallest absolute Gasteiger partial charge is 0.0238 e. The molecule has 1 aliphatic rings. The van der Waals surface area contributed by atoms with Crippen LogP contribution in [0, 0.1) is 5.92 Å². The Morgan fingerprint density at radius 1 is 1.57 bits per heavy atom. The van der Waals surface area contributed by atoms with E-state index >= 15 is 0 Å². The molecule has 1 heterocycles. The fourth-order valence-corrected chi connectivity index (χ4v) is 2.66. The quantitative estimate of drug-likeness (QED) is 0.558. The van der Waals surface area contributed by atoms with E-state index < -0.39 is 0 Å². The summed E-state index contributed by atoms with van der Waals surface area (Å²) in [5.74, 6) is 6.39. The lowest BCUT2D eigenvalue weighted by atomic mass is 10.1. The molecule has 0 radical (unpaired) electrons. The van der Waals surface area contributed by atoms with E-state index in [1.807, 2.05) is 11.3 Å². The number of rotatable bonds is 6. The minimum absolute atomic E-state index is 0.565. The maximum atomic E-state index is 5.53. The second-order valence-electron chi connectivity index (χ2n) is 4.08. The lowest BCUT2D eigenvalue weighted by molar-refractivity contribution is 0.434. The first kappa shape index (κ1) is 10.1. The molecule has 1 unspecified atom stereocenters. The van der Waals surface area contributed by atoms with Crippen molar-refractivity contribution in [1.82, 2.24) is 5.43 Å². The Balaban J connectivity index is 1.66. The van der Waals surface area contributed by atoms with Gasteiger partial charge in [0.15, 0.2) is 0 Å². The van der Waals surface area contributed by atoms with Gasteiger partial charge < -0.3 is 0 Å².